The number of rotatable bonds is 3. The molecule has 0 atom stereocenters. The van der Waals surface area contributed by atoms with Crippen LogP contribution in [0.2, 0.25) is 0 Å². The van der Waals surface area contributed by atoms with Gasteiger partial charge in [0.15, 0.2) is 0 Å². The molecule has 1 aliphatic heterocycles. The molecule has 0 aliphatic carbocycles. The first-order chi connectivity index (χ1) is 12.8. The van der Waals surface area contributed by atoms with E-state index >= 15 is 0 Å². The van der Waals surface area contributed by atoms with Gasteiger partial charge in [0, 0.05) is 18.3 Å². The minimum atomic E-state index is -3.35. The van der Waals surface area contributed by atoms with E-state index in [2.05, 4.69) is 15.1 Å². The summed E-state index contributed by atoms with van der Waals surface area (Å²) in [6, 6.07) is 7.67. The first-order valence-electron chi connectivity index (χ1n) is 8.22. The topological polar surface area (TPSA) is 107 Å². The minimum absolute atomic E-state index is 0.105. The second-order valence-electron chi connectivity index (χ2n) is 6.30. The Morgan fingerprint density at radius 3 is 2.56 bits per heavy atom. The van der Waals surface area contributed by atoms with Gasteiger partial charge < -0.3 is 5.73 Å². The highest BCUT2D eigenvalue weighted by molar-refractivity contribution is 7.88. The Morgan fingerprint density at radius 1 is 1.15 bits per heavy atom. The smallest absolute Gasteiger partial charge is 0.220 e. The van der Waals surface area contributed by atoms with Crippen molar-refractivity contribution in [2.45, 2.75) is 13.1 Å². The van der Waals surface area contributed by atoms with Crippen molar-refractivity contribution in [1.82, 2.24) is 24.1 Å². The van der Waals surface area contributed by atoms with Crippen molar-refractivity contribution in [3.8, 4) is 22.5 Å². The van der Waals surface area contributed by atoms with Gasteiger partial charge in [0.1, 0.15) is 11.5 Å². The molecule has 0 amide bonds. The molecule has 27 heavy (non-hydrogen) atoms. The number of benzene rings is 1. The van der Waals surface area contributed by atoms with Crippen molar-refractivity contribution >= 4 is 16.0 Å². The number of fused-ring (bicyclic) bond motifs is 1. The van der Waals surface area contributed by atoms with E-state index in [4.69, 9.17) is 5.73 Å². The maximum Gasteiger partial charge on any atom is 0.220 e. The van der Waals surface area contributed by atoms with Gasteiger partial charge in [-0.1, -0.05) is 0 Å². The Hall–Kier alpha value is -2.85. The fraction of sp³-hybridized carbons (Fsp3) is 0.235. The number of anilines is 1. The third-order valence-electron chi connectivity index (χ3n) is 4.46. The van der Waals surface area contributed by atoms with Crippen LogP contribution < -0.4 is 5.73 Å². The zero-order valence-electron chi connectivity index (χ0n) is 14.5. The number of sulfonamides is 1. The highest BCUT2D eigenvalue weighted by atomic mass is 32.2. The molecular formula is C17H17FN6O2S. The van der Waals surface area contributed by atoms with E-state index in [9.17, 15) is 12.8 Å². The Labute approximate surface area is 155 Å². The summed E-state index contributed by atoms with van der Waals surface area (Å²) in [5.41, 5.74) is 8.96. The quantitative estimate of drug-likeness (QED) is 0.729. The number of hydrogen-bond donors (Lipinski definition) is 1. The maximum absolute atomic E-state index is 13.4. The molecule has 0 spiro atoms. The average molecular weight is 388 g/mol. The maximum atomic E-state index is 13.4. The number of nitrogens with two attached hydrogens (primary N) is 1. The molecule has 140 valence electrons. The van der Waals surface area contributed by atoms with E-state index in [0.29, 0.717) is 41.3 Å². The van der Waals surface area contributed by atoms with Crippen LogP contribution in [0.3, 0.4) is 0 Å². The molecule has 0 saturated heterocycles. The number of halogens is 1. The van der Waals surface area contributed by atoms with Crippen LogP contribution in [0.15, 0.2) is 36.5 Å². The van der Waals surface area contributed by atoms with Crippen molar-refractivity contribution in [3.63, 3.8) is 0 Å². The summed E-state index contributed by atoms with van der Waals surface area (Å²) >= 11 is 0. The number of nitrogens with zero attached hydrogens (tertiary/aromatic N) is 5. The first kappa shape index (κ1) is 17.6. The highest BCUT2D eigenvalue weighted by Gasteiger charge is 2.30. The van der Waals surface area contributed by atoms with Crippen LogP contribution in [0.5, 0.6) is 0 Å². The van der Waals surface area contributed by atoms with Crippen molar-refractivity contribution in [2.75, 3.05) is 18.5 Å². The second kappa shape index (κ2) is 6.39. The molecule has 2 aromatic heterocycles. The summed E-state index contributed by atoms with van der Waals surface area (Å²) in [4.78, 5) is 8.20. The van der Waals surface area contributed by atoms with Crippen LogP contribution in [-0.4, -0.2) is 45.3 Å². The number of aromatic nitrogens is 4. The van der Waals surface area contributed by atoms with Crippen LogP contribution in [0.4, 0.5) is 10.3 Å². The summed E-state index contributed by atoms with van der Waals surface area (Å²) in [6.07, 6.45) is 2.72. The Kier molecular flexibility index (Phi) is 4.16. The summed E-state index contributed by atoms with van der Waals surface area (Å²) in [6.45, 7) is 0.922. The SMILES string of the molecule is CS(=O)(=O)N1CCn2nc(-c3ccc(F)cc3)c(-c3ccnc(N)n3)c2C1. The molecule has 0 fully saturated rings. The molecule has 0 saturated carbocycles. The predicted molar refractivity (Wildman–Crippen MR) is 98.3 cm³/mol. The van der Waals surface area contributed by atoms with E-state index in [1.54, 1.807) is 22.9 Å². The van der Waals surface area contributed by atoms with Crippen LogP contribution in [0.25, 0.3) is 22.5 Å². The largest absolute Gasteiger partial charge is 0.368 e. The Balaban J connectivity index is 1.93. The van der Waals surface area contributed by atoms with Crippen LogP contribution in [0, 0.1) is 5.82 Å². The van der Waals surface area contributed by atoms with E-state index in [-0.39, 0.29) is 18.3 Å². The third kappa shape index (κ3) is 3.28. The van der Waals surface area contributed by atoms with Crippen LogP contribution >= 0.6 is 0 Å². The van der Waals surface area contributed by atoms with Crippen molar-refractivity contribution in [3.05, 3.63) is 48.0 Å². The standard InChI is InChI=1S/C17H17FN6O2S/c1-27(25,26)23-8-9-24-14(10-23)15(13-6-7-20-17(19)21-13)16(22-24)11-2-4-12(18)5-3-11/h2-7H,8-10H2,1H3,(H2,19,20,21). The zero-order chi connectivity index (χ0) is 19.2. The molecular weight excluding hydrogens is 371 g/mol. The molecule has 3 aromatic rings. The lowest BCUT2D eigenvalue weighted by molar-refractivity contribution is 0.329. The molecule has 2 N–H and O–H groups in total. The molecule has 1 aromatic carbocycles. The van der Waals surface area contributed by atoms with Crippen LogP contribution in [0.1, 0.15) is 5.69 Å². The fourth-order valence-corrected chi connectivity index (χ4v) is 3.94. The van der Waals surface area contributed by atoms with E-state index in [0.717, 1.165) is 0 Å². The van der Waals surface area contributed by atoms with Crippen LogP contribution in [-0.2, 0) is 23.1 Å². The predicted octanol–water partition coefficient (Wildman–Crippen LogP) is 1.50. The molecule has 4 rings (SSSR count). The minimum Gasteiger partial charge on any atom is -0.368 e. The zero-order valence-corrected chi connectivity index (χ0v) is 15.3. The Bertz CT molecular complexity index is 1110. The summed E-state index contributed by atoms with van der Waals surface area (Å²) in [5, 5.41) is 4.64. The summed E-state index contributed by atoms with van der Waals surface area (Å²) < 4.78 is 40.6. The van der Waals surface area contributed by atoms with Gasteiger partial charge in [0.2, 0.25) is 16.0 Å². The molecule has 0 unspecified atom stereocenters. The average Bonchev–Trinajstić information content (AvgIpc) is 3.00. The molecule has 0 bridgehead atoms. The van der Waals surface area contributed by atoms with Gasteiger partial charge >= 0.3 is 0 Å². The lowest BCUT2D eigenvalue weighted by Crippen LogP contribution is -2.37. The van der Waals surface area contributed by atoms with Gasteiger partial charge in [0.05, 0.1) is 36.3 Å². The summed E-state index contributed by atoms with van der Waals surface area (Å²) in [7, 11) is -3.35. The fourth-order valence-electron chi connectivity index (χ4n) is 3.17. The lowest BCUT2D eigenvalue weighted by Gasteiger charge is -2.26. The molecule has 0 radical (unpaired) electrons. The monoisotopic (exact) mass is 388 g/mol. The normalized spacial score (nSPS) is 14.9. The number of nitrogen functional groups attached to an aromatic ring is 1. The first-order valence-corrected chi connectivity index (χ1v) is 10.1. The van der Waals surface area contributed by atoms with Crippen molar-refractivity contribution in [2.24, 2.45) is 0 Å². The molecule has 10 heteroatoms. The van der Waals surface area contributed by atoms with Crippen molar-refractivity contribution < 1.29 is 12.8 Å². The lowest BCUT2D eigenvalue weighted by atomic mass is 10.0. The van der Waals surface area contributed by atoms with Gasteiger partial charge in [-0.25, -0.2) is 22.8 Å². The van der Waals surface area contributed by atoms with E-state index in [1.165, 1.54) is 28.9 Å². The highest BCUT2D eigenvalue weighted by Crippen LogP contribution is 2.36. The molecule has 8 nitrogen and oxygen atoms in total. The van der Waals surface area contributed by atoms with E-state index in [1.807, 2.05) is 0 Å². The van der Waals surface area contributed by atoms with Gasteiger partial charge in [0.25, 0.3) is 0 Å². The second-order valence-corrected chi connectivity index (χ2v) is 8.28. The molecule has 3 heterocycles. The molecule has 1 aliphatic rings. The van der Waals surface area contributed by atoms with E-state index < -0.39 is 10.0 Å². The Morgan fingerprint density at radius 2 is 1.89 bits per heavy atom. The van der Waals surface area contributed by atoms with Gasteiger partial charge in [-0.05, 0) is 30.3 Å². The van der Waals surface area contributed by atoms with Gasteiger partial charge in [-0.15, -0.1) is 0 Å². The third-order valence-corrected chi connectivity index (χ3v) is 5.71. The van der Waals surface area contributed by atoms with Gasteiger partial charge in [-0.3, -0.25) is 4.68 Å². The number of hydrogen-bond acceptors (Lipinski definition) is 6. The summed E-state index contributed by atoms with van der Waals surface area (Å²) in [5.74, 6) is -0.243. The van der Waals surface area contributed by atoms with Gasteiger partial charge in [-0.2, -0.15) is 9.40 Å². The van der Waals surface area contributed by atoms with Crippen molar-refractivity contribution in [1.29, 1.82) is 0 Å².